The topological polar surface area (TPSA) is 43.1 Å². The average molecular weight is 324 g/mol. The molecule has 4 heteroatoms. The second-order valence-electron chi connectivity index (χ2n) is 3.93. The maximum atomic E-state index is 12.2. The summed E-state index contributed by atoms with van der Waals surface area (Å²) in [4.78, 5) is 0.840. The fourth-order valence-electron chi connectivity index (χ4n) is 1.70. The first kappa shape index (κ1) is 13.3. The molecule has 0 aromatic heterocycles. The van der Waals surface area contributed by atoms with E-state index in [1.165, 1.54) is 0 Å². The predicted molar refractivity (Wildman–Crippen MR) is 80.0 cm³/mol. The number of para-hydroxylation sites is 1. The number of hydrogen-bond acceptors (Lipinski definition) is 2. The molecule has 0 bridgehead atoms. The predicted octanol–water partition coefficient (Wildman–Crippen LogP) is 3.38. The summed E-state index contributed by atoms with van der Waals surface area (Å²) < 4.78 is 13.1. The lowest BCUT2D eigenvalue weighted by Gasteiger charge is -2.06. The number of anilines is 1. The Hall–Kier alpha value is -1.13. The van der Waals surface area contributed by atoms with Gasteiger partial charge < -0.3 is 5.73 Å². The van der Waals surface area contributed by atoms with Crippen LogP contribution < -0.4 is 5.73 Å². The first-order valence-electron chi connectivity index (χ1n) is 5.65. The highest BCUT2D eigenvalue weighted by molar-refractivity contribution is 9.10. The summed E-state index contributed by atoms with van der Waals surface area (Å²) >= 11 is 3.42. The smallest absolute Gasteiger partial charge is 0.0544 e. The monoisotopic (exact) mass is 323 g/mol. The SMILES string of the molecule is Nc1ccccc1CCS(=O)c1ccccc1Br. The molecule has 18 heavy (non-hydrogen) atoms. The van der Waals surface area contributed by atoms with Crippen LogP contribution in [0.3, 0.4) is 0 Å². The van der Waals surface area contributed by atoms with E-state index in [-0.39, 0.29) is 0 Å². The highest BCUT2D eigenvalue weighted by Crippen LogP contribution is 2.21. The zero-order valence-corrected chi connectivity index (χ0v) is 12.2. The number of hydrogen-bond donors (Lipinski definition) is 1. The van der Waals surface area contributed by atoms with Gasteiger partial charge in [0.05, 0.1) is 15.7 Å². The Morgan fingerprint density at radius 2 is 1.72 bits per heavy atom. The Morgan fingerprint density at radius 1 is 1.06 bits per heavy atom. The second kappa shape index (κ2) is 6.16. The van der Waals surface area contributed by atoms with Crippen molar-refractivity contribution >= 4 is 32.4 Å². The van der Waals surface area contributed by atoms with Crippen LogP contribution in [0.1, 0.15) is 5.56 Å². The van der Waals surface area contributed by atoms with Gasteiger partial charge in [0.15, 0.2) is 0 Å². The van der Waals surface area contributed by atoms with Crippen molar-refractivity contribution in [3.05, 3.63) is 58.6 Å². The summed E-state index contributed by atoms with van der Waals surface area (Å²) in [6.07, 6.45) is 0.723. The summed E-state index contributed by atoms with van der Waals surface area (Å²) in [6.45, 7) is 0. The lowest BCUT2D eigenvalue weighted by molar-refractivity contribution is 0.682. The van der Waals surface area contributed by atoms with Gasteiger partial charge in [0, 0.05) is 15.9 Å². The van der Waals surface area contributed by atoms with Crippen molar-refractivity contribution < 1.29 is 4.21 Å². The molecule has 2 rings (SSSR count). The first-order chi connectivity index (χ1) is 8.68. The summed E-state index contributed by atoms with van der Waals surface area (Å²) in [6, 6.07) is 15.3. The van der Waals surface area contributed by atoms with E-state index in [2.05, 4.69) is 15.9 Å². The zero-order chi connectivity index (χ0) is 13.0. The summed E-state index contributed by atoms with van der Waals surface area (Å²) in [5, 5.41) is 0. The maximum Gasteiger partial charge on any atom is 0.0544 e. The van der Waals surface area contributed by atoms with Gasteiger partial charge in [0.1, 0.15) is 0 Å². The average Bonchev–Trinajstić information content (AvgIpc) is 2.38. The van der Waals surface area contributed by atoms with E-state index in [0.29, 0.717) is 5.75 Å². The third-order valence-electron chi connectivity index (χ3n) is 2.69. The van der Waals surface area contributed by atoms with Crippen LogP contribution in [-0.4, -0.2) is 9.96 Å². The van der Waals surface area contributed by atoms with Crippen LogP contribution in [0.25, 0.3) is 0 Å². The van der Waals surface area contributed by atoms with Gasteiger partial charge in [-0.05, 0) is 46.1 Å². The number of nitrogens with two attached hydrogens (primary N) is 1. The molecule has 0 saturated heterocycles. The third kappa shape index (κ3) is 3.21. The van der Waals surface area contributed by atoms with Crippen LogP contribution in [0.4, 0.5) is 5.69 Å². The van der Waals surface area contributed by atoms with Gasteiger partial charge in [-0.2, -0.15) is 0 Å². The van der Waals surface area contributed by atoms with Crippen molar-refractivity contribution in [1.82, 2.24) is 0 Å². The molecule has 0 aliphatic heterocycles. The largest absolute Gasteiger partial charge is 0.399 e. The van der Waals surface area contributed by atoms with Crippen LogP contribution in [0, 0.1) is 0 Å². The second-order valence-corrected chi connectivity index (χ2v) is 6.32. The van der Waals surface area contributed by atoms with E-state index in [4.69, 9.17) is 5.73 Å². The quantitative estimate of drug-likeness (QED) is 0.876. The fraction of sp³-hybridized carbons (Fsp3) is 0.143. The summed E-state index contributed by atoms with van der Waals surface area (Å²) in [5.74, 6) is 0.580. The minimum Gasteiger partial charge on any atom is -0.399 e. The van der Waals surface area contributed by atoms with Crippen molar-refractivity contribution in [2.45, 2.75) is 11.3 Å². The van der Waals surface area contributed by atoms with Crippen molar-refractivity contribution in [3.8, 4) is 0 Å². The molecular weight excluding hydrogens is 310 g/mol. The van der Waals surface area contributed by atoms with Gasteiger partial charge in [-0.1, -0.05) is 30.3 Å². The van der Waals surface area contributed by atoms with Crippen molar-refractivity contribution in [2.24, 2.45) is 0 Å². The molecule has 2 aromatic rings. The highest BCUT2D eigenvalue weighted by atomic mass is 79.9. The minimum atomic E-state index is -1.01. The summed E-state index contributed by atoms with van der Waals surface area (Å²) in [7, 11) is -1.01. The molecule has 1 atom stereocenters. The molecular formula is C14H14BrNOS. The molecule has 0 radical (unpaired) electrons. The van der Waals surface area contributed by atoms with Crippen LogP contribution in [0.15, 0.2) is 57.9 Å². The third-order valence-corrected chi connectivity index (χ3v) is 5.07. The highest BCUT2D eigenvalue weighted by Gasteiger charge is 2.08. The summed E-state index contributed by atoms with van der Waals surface area (Å²) in [5.41, 5.74) is 7.69. The Kier molecular flexibility index (Phi) is 4.55. The van der Waals surface area contributed by atoms with Crippen LogP contribution in [0.5, 0.6) is 0 Å². The van der Waals surface area contributed by atoms with E-state index in [9.17, 15) is 4.21 Å². The van der Waals surface area contributed by atoms with Crippen LogP contribution >= 0.6 is 15.9 Å². The van der Waals surface area contributed by atoms with Crippen molar-refractivity contribution in [3.63, 3.8) is 0 Å². The van der Waals surface area contributed by atoms with Gasteiger partial charge in [-0.3, -0.25) is 4.21 Å². The Morgan fingerprint density at radius 3 is 2.44 bits per heavy atom. The Labute approximate surface area is 118 Å². The minimum absolute atomic E-state index is 0.580. The number of halogens is 1. The lowest BCUT2D eigenvalue weighted by atomic mass is 10.1. The van der Waals surface area contributed by atoms with E-state index >= 15 is 0 Å². The molecule has 2 nitrogen and oxygen atoms in total. The molecule has 1 unspecified atom stereocenters. The Balaban J connectivity index is 2.06. The molecule has 94 valence electrons. The number of aryl methyl sites for hydroxylation is 1. The maximum absolute atomic E-state index is 12.2. The van der Waals surface area contributed by atoms with E-state index in [1.807, 2.05) is 48.5 Å². The number of rotatable bonds is 4. The lowest BCUT2D eigenvalue weighted by Crippen LogP contribution is -2.04. The molecule has 0 spiro atoms. The van der Waals surface area contributed by atoms with Crippen molar-refractivity contribution in [2.75, 3.05) is 11.5 Å². The van der Waals surface area contributed by atoms with E-state index in [1.54, 1.807) is 0 Å². The number of nitrogen functional groups attached to an aromatic ring is 1. The Bertz CT molecular complexity index is 571. The van der Waals surface area contributed by atoms with E-state index in [0.717, 1.165) is 27.0 Å². The standard InChI is InChI=1S/C14H14BrNOS/c15-12-6-2-4-8-14(12)18(17)10-9-11-5-1-3-7-13(11)16/h1-8H,9-10,16H2. The van der Waals surface area contributed by atoms with Gasteiger partial charge in [0.25, 0.3) is 0 Å². The molecule has 2 aromatic carbocycles. The molecule has 0 heterocycles. The normalized spacial score (nSPS) is 12.3. The molecule has 0 aliphatic carbocycles. The van der Waals surface area contributed by atoms with Crippen molar-refractivity contribution in [1.29, 1.82) is 0 Å². The van der Waals surface area contributed by atoms with Gasteiger partial charge in [0.2, 0.25) is 0 Å². The molecule has 2 N–H and O–H groups in total. The van der Waals surface area contributed by atoms with E-state index < -0.39 is 10.8 Å². The first-order valence-corrected chi connectivity index (χ1v) is 7.76. The molecule has 0 aliphatic rings. The van der Waals surface area contributed by atoms with Crippen LogP contribution in [0.2, 0.25) is 0 Å². The van der Waals surface area contributed by atoms with Gasteiger partial charge in [-0.15, -0.1) is 0 Å². The molecule has 0 fully saturated rings. The molecule has 0 saturated carbocycles. The number of benzene rings is 2. The fourth-order valence-corrected chi connectivity index (χ4v) is 3.67. The van der Waals surface area contributed by atoms with Gasteiger partial charge >= 0.3 is 0 Å². The zero-order valence-electron chi connectivity index (χ0n) is 9.80. The van der Waals surface area contributed by atoms with Crippen LogP contribution in [-0.2, 0) is 17.2 Å². The molecule has 0 amide bonds. The van der Waals surface area contributed by atoms with Gasteiger partial charge in [-0.25, -0.2) is 0 Å².